The molecule has 4 nitrogen and oxygen atoms in total. The number of nitrogens with zero attached hydrogens (tertiary/aromatic N) is 1. The summed E-state index contributed by atoms with van der Waals surface area (Å²) in [5.41, 5.74) is 4.79. The van der Waals surface area contributed by atoms with E-state index < -0.39 is 5.91 Å². The maximum atomic E-state index is 12.7. The highest BCUT2D eigenvalue weighted by Crippen LogP contribution is 2.25. The summed E-state index contributed by atoms with van der Waals surface area (Å²) in [7, 11) is 0. The third kappa shape index (κ3) is 5.07. The number of hydrogen-bond donors (Lipinski definition) is 1. The van der Waals surface area contributed by atoms with Crippen molar-refractivity contribution in [3.8, 4) is 5.75 Å². The maximum Gasteiger partial charge on any atom is 0.277 e. The van der Waals surface area contributed by atoms with Gasteiger partial charge in [-0.05, 0) is 54.8 Å². The summed E-state index contributed by atoms with van der Waals surface area (Å²) >= 11 is 6.07. The number of hydrazone groups is 1. The SMILES string of the molecule is Cc1cc(OCC(=O)N/N=C/c2ccc(F)cc2)cc(C)c1Cl. The van der Waals surface area contributed by atoms with Crippen molar-refractivity contribution in [1.82, 2.24) is 5.43 Å². The first-order valence-corrected chi connectivity index (χ1v) is 7.30. The molecule has 6 heteroatoms. The number of benzene rings is 2. The van der Waals surface area contributed by atoms with Crippen LogP contribution in [0, 0.1) is 19.7 Å². The van der Waals surface area contributed by atoms with Crippen molar-refractivity contribution in [3.63, 3.8) is 0 Å². The number of carbonyl (C=O) groups is 1. The lowest BCUT2D eigenvalue weighted by Crippen LogP contribution is -2.24. The number of ether oxygens (including phenoxy) is 1. The molecular formula is C17H16ClFN2O2. The van der Waals surface area contributed by atoms with Gasteiger partial charge in [-0.3, -0.25) is 4.79 Å². The number of amides is 1. The number of rotatable bonds is 5. The summed E-state index contributed by atoms with van der Waals surface area (Å²) < 4.78 is 18.2. The number of carbonyl (C=O) groups excluding carboxylic acids is 1. The second-order valence-electron chi connectivity index (χ2n) is 5.00. The molecule has 0 heterocycles. The monoisotopic (exact) mass is 334 g/mol. The van der Waals surface area contributed by atoms with Crippen LogP contribution in [-0.2, 0) is 4.79 Å². The standard InChI is InChI=1S/C17H16ClFN2O2/c1-11-7-15(8-12(2)17(11)18)23-10-16(22)21-20-9-13-3-5-14(19)6-4-13/h3-9H,10H2,1-2H3,(H,21,22)/b20-9+. The minimum absolute atomic E-state index is 0.165. The van der Waals surface area contributed by atoms with Crippen LogP contribution < -0.4 is 10.2 Å². The van der Waals surface area contributed by atoms with E-state index in [0.717, 1.165) is 11.1 Å². The van der Waals surface area contributed by atoms with Crippen LogP contribution >= 0.6 is 11.6 Å². The molecular weight excluding hydrogens is 319 g/mol. The summed E-state index contributed by atoms with van der Waals surface area (Å²) in [5.74, 6) is -0.149. The number of aryl methyl sites for hydroxylation is 2. The van der Waals surface area contributed by atoms with E-state index in [0.29, 0.717) is 16.3 Å². The quantitative estimate of drug-likeness (QED) is 0.670. The molecule has 23 heavy (non-hydrogen) atoms. The molecule has 0 aromatic heterocycles. The minimum atomic E-state index is -0.395. The zero-order valence-corrected chi connectivity index (χ0v) is 13.5. The molecule has 1 N–H and O–H groups in total. The maximum absolute atomic E-state index is 12.7. The first-order valence-electron chi connectivity index (χ1n) is 6.92. The van der Waals surface area contributed by atoms with Gasteiger partial charge in [0.2, 0.25) is 0 Å². The van der Waals surface area contributed by atoms with Crippen molar-refractivity contribution < 1.29 is 13.9 Å². The molecule has 0 saturated carbocycles. The van der Waals surface area contributed by atoms with Crippen molar-refractivity contribution in [2.45, 2.75) is 13.8 Å². The largest absolute Gasteiger partial charge is 0.484 e. The first kappa shape index (κ1) is 17.0. The van der Waals surface area contributed by atoms with Crippen LogP contribution in [0.5, 0.6) is 5.75 Å². The second kappa shape index (κ2) is 7.74. The molecule has 0 aliphatic carbocycles. The molecule has 1 amide bonds. The normalized spacial score (nSPS) is 10.8. The third-order valence-electron chi connectivity index (χ3n) is 3.05. The van der Waals surface area contributed by atoms with Gasteiger partial charge >= 0.3 is 0 Å². The van der Waals surface area contributed by atoms with Crippen LogP contribution in [0.4, 0.5) is 4.39 Å². The van der Waals surface area contributed by atoms with Crippen LogP contribution in [0.1, 0.15) is 16.7 Å². The average Bonchev–Trinajstić information content (AvgIpc) is 2.52. The third-order valence-corrected chi connectivity index (χ3v) is 3.65. The highest BCUT2D eigenvalue weighted by atomic mass is 35.5. The van der Waals surface area contributed by atoms with Crippen LogP contribution in [0.2, 0.25) is 5.02 Å². The fraction of sp³-hybridized carbons (Fsp3) is 0.176. The highest BCUT2D eigenvalue weighted by Gasteiger charge is 2.06. The summed E-state index contributed by atoms with van der Waals surface area (Å²) in [6.45, 7) is 3.58. The number of halogens is 2. The van der Waals surface area contributed by atoms with Crippen molar-refractivity contribution >= 4 is 23.7 Å². The molecule has 0 unspecified atom stereocenters. The van der Waals surface area contributed by atoms with Gasteiger partial charge in [-0.2, -0.15) is 5.10 Å². The Kier molecular flexibility index (Phi) is 5.71. The molecule has 120 valence electrons. The molecule has 0 aliphatic heterocycles. The Balaban J connectivity index is 1.84. The molecule has 2 aromatic carbocycles. The van der Waals surface area contributed by atoms with E-state index in [2.05, 4.69) is 10.5 Å². The molecule has 0 saturated heterocycles. The Morgan fingerprint density at radius 1 is 1.26 bits per heavy atom. The summed E-state index contributed by atoms with van der Waals surface area (Å²) in [4.78, 5) is 11.7. The van der Waals surface area contributed by atoms with E-state index in [1.807, 2.05) is 13.8 Å². The lowest BCUT2D eigenvalue weighted by molar-refractivity contribution is -0.123. The van der Waals surface area contributed by atoms with Gasteiger partial charge in [0, 0.05) is 5.02 Å². The van der Waals surface area contributed by atoms with E-state index in [1.165, 1.54) is 18.3 Å². The highest BCUT2D eigenvalue weighted by molar-refractivity contribution is 6.32. The summed E-state index contributed by atoms with van der Waals surface area (Å²) in [5, 5.41) is 4.47. The molecule has 0 aliphatic rings. The van der Waals surface area contributed by atoms with Gasteiger partial charge in [-0.25, -0.2) is 9.82 Å². The van der Waals surface area contributed by atoms with E-state index in [9.17, 15) is 9.18 Å². The zero-order valence-electron chi connectivity index (χ0n) is 12.8. The molecule has 0 radical (unpaired) electrons. The number of nitrogens with one attached hydrogen (secondary N) is 1. The Morgan fingerprint density at radius 2 is 1.87 bits per heavy atom. The van der Waals surface area contributed by atoms with Gasteiger partial charge in [-0.1, -0.05) is 23.7 Å². The molecule has 0 fully saturated rings. The van der Waals surface area contributed by atoms with E-state index in [4.69, 9.17) is 16.3 Å². The van der Waals surface area contributed by atoms with Crippen LogP contribution in [0.25, 0.3) is 0 Å². The topological polar surface area (TPSA) is 50.7 Å². The van der Waals surface area contributed by atoms with Crippen molar-refractivity contribution in [2.24, 2.45) is 5.10 Å². The van der Waals surface area contributed by atoms with Gasteiger partial charge in [0.1, 0.15) is 11.6 Å². The number of hydrogen-bond acceptors (Lipinski definition) is 3. The molecule has 0 atom stereocenters. The van der Waals surface area contributed by atoms with Gasteiger partial charge < -0.3 is 4.74 Å². The van der Waals surface area contributed by atoms with E-state index in [1.54, 1.807) is 24.3 Å². The minimum Gasteiger partial charge on any atom is -0.484 e. The smallest absolute Gasteiger partial charge is 0.277 e. The zero-order chi connectivity index (χ0) is 16.8. The Morgan fingerprint density at radius 3 is 2.48 bits per heavy atom. The van der Waals surface area contributed by atoms with Gasteiger partial charge in [0.25, 0.3) is 5.91 Å². The van der Waals surface area contributed by atoms with Crippen molar-refractivity contribution in [3.05, 3.63) is 63.9 Å². The Bertz CT molecular complexity index is 707. The van der Waals surface area contributed by atoms with Crippen LogP contribution in [0.15, 0.2) is 41.5 Å². The summed E-state index contributed by atoms with van der Waals surface area (Å²) in [6, 6.07) is 9.28. The average molecular weight is 335 g/mol. The molecule has 0 spiro atoms. The van der Waals surface area contributed by atoms with E-state index in [-0.39, 0.29) is 12.4 Å². The van der Waals surface area contributed by atoms with Crippen molar-refractivity contribution in [1.29, 1.82) is 0 Å². The Hall–Kier alpha value is -2.40. The predicted octanol–water partition coefficient (Wildman–Crippen LogP) is 3.63. The first-order chi connectivity index (χ1) is 11.0. The van der Waals surface area contributed by atoms with Crippen LogP contribution in [-0.4, -0.2) is 18.7 Å². The molecule has 0 bridgehead atoms. The van der Waals surface area contributed by atoms with Gasteiger partial charge in [-0.15, -0.1) is 0 Å². The summed E-state index contributed by atoms with van der Waals surface area (Å²) in [6.07, 6.45) is 1.42. The lowest BCUT2D eigenvalue weighted by Gasteiger charge is -2.09. The second-order valence-corrected chi connectivity index (χ2v) is 5.38. The van der Waals surface area contributed by atoms with Crippen molar-refractivity contribution in [2.75, 3.05) is 6.61 Å². The molecule has 2 rings (SSSR count). The van der Waals surface area contributed by atoms with Gasteiger partial charge in [0.05, 0.1) is 6.21 Å². The fourth-order valence-corrected chi connectivity index (χ4v) is 2.01. The van der Waals surface area contributed by atoms with Crippen LogP contribution in [0.3, 0.4) is 0 Å². The molecule has 2 aromatic rings. The van der Waals surface area contributed by atoms with Gasteiger partial charge in [0.15, 0.2) is 6.61 Å². The Labute approximate surface area is 138 Å². The lowest BCUT2D eigenvalue weighted by atomic mass is 10.1. The fourth-order valence-electron chi connectivity index (χ4n) is 1.90. The van der Waals surface area contributed by atoms with E-state index >= 15 is 0 Å². The predicted molar refractivity (Wildman–Crippen MR) is 88.6 cm³/mol.